The van der Waals surface area contributed by atoms with E-state index in [-0.39, 0.29) is 0 Å². The standard InChI is InChI=1S/C23H27N3O/c1-17-7-9-21(10-8-17)26-15-20(14-25(3)22-11-12-27-16-22)23(24-26)19-6-4-5-18(2)13-19/h4-10,13,15,22H,11-12,14,16H2,1-3H3/t22-/m0/s1. The molecule has 1 aromatic heterocycles. The Morgan fingerprint density at radius 1 is 1.11 bits per heavy atom. The molecular formula is C23H27N3O. The molecule has 4 nitrogen and oxygen atoms in total. The zero-order valence-electron chi connectivity index (χ0n) is 16.4. The number of aryl methyl sites for hydroxylation is 2. The Kier molecular flexibility index (Phi) is 5.10. The third-order valence-electron chi connectivity index (χ3n) is 5.33. The fourth-order valence-corrected chi connectivity index (χ4v) is 3.66. The first-order chi connectivity index (χ1) is 13.1. The van der Waals surface area contributed by atoms with Crippen LogP contribution in [0.1, 0.15) is 23.1 Å². The van der Waals surface area contributed by atoms with Crippen molar-refractivity contribution in [1.29, 1.82) is 0 Å². The number of ether oxygens (including phenoxy) is 1. The third kappa shape index (κ3) is 3.97. The van der Waals surface area contributed by atoms with Crippen LogP contribution < -0.4 is 0 Å². The summed E-state index contributed by atoms with van der Waals surface area (Å²) in [5, 5.41) is 4.96. The van der Waals surface area contributed by atoms with Gasteiger partial charge in [0.1, 0.15) is 0 Å². The van der Waals surface area contributed by atoms with Crippen molar-refractivity contribution in [3.63, 3.8) is 0 Å². The number of hydrogen-bond acceptors (Lipinski definition) is 3. The zero-order valence-corrected chi connectivity index (χ0v) is 16.4. The van der Waals surface area contributed by atoms with Crippen molar-refractivity contribution >= 4 is 0 Å². The summed E-state index contributed by atoms with van der Waals surface area (Å²) in [4.78, 5) is 2.39. The molecule has 0 aliphatic carbocycles. The van der Waals surface area contributed by atoms with Crippen LogP contribution in [0.25, 0.3) is 16.9 Å². The van der Waals surface area contributed by atoms with Crippen molar-refractivity contribution < 1.29 is 4.74 Å². The molecule has 3 aromatic rings. The SMILES string of the molecule is Cc1ccc(-n2cc(CN(C)[C@H]3CCOC3)c(-c3cccc(C)c3)n2)cc1. The third-order valence-corrected chi connectivity index (χ3v) is 5.33. The first kappa shape index (κ1) is 18.0. The predicted octanol–water partition coefficient (Wildman–Crippen LogP) is 4.38. The second-order valence-electron chi connectivity index (χ2n) is 7.59. The minimum Gasteiger partial charge on any atom is -0.380 e. The molecule has 1 aliphatic heterocycles. The summed E-state index contributed by atoms with van der Waals surface area (Å²) >= 11 is 0. The van der Waals surface area contributed by atoms with Crippen molar-refractivity contribution in [2.24, 2.45) is 0 Å². The number of nitrogens with zero attached hydrogens (tertiary/aromatic N) is 3. The van der Waals surface area contributed by atoms with Crippen LogP contribution in [0.15, 0.2) is 54.7 Å². The molecule has 0 amide bonds. The smallest absolute Gasteiger partial charge is 0.0972 e. The molecule has 2 heterocycles. The highest BCUT2D eigenvalue weighted by molar-refractivity contribution is 5.64. The Labute approximate surface area is 161 Å². The lowest BCUT2D eigenvalue weighted by atomic mass is 10.1. The first-order valence-corrected chi connectivity index (χ1v) is 9.61. The molecule has 1 fully saturated rings. The maximum Gasteiger partial charge on any atom is 0.0972 e. The quantitative estimate of drug-likeness (QED) is 0.676. The van der Waals surface area contributed by atoms with Gasteiger partial charge in [0.05, 0.1) is 18.0 Å². The van der Waals surface area contributed by atoms with Gasteiger partial charge in [-0.05, 0) is 45.5 Å². The van der Waals surface area contributed by atoms with Gasteiger partial charge in [-0.1, -0.05) is 41.5 Å². The molecule has 1 saturated heterocycles. The van der Waals surface area contributed by atoms with E-state index in [9.17, 15) is 0 Å². The van der Waals surface area contributed by atoms with Gasteiger partial charge in [-0.15, -0.1) is 0 Å². The molecule has 1 atom stereocenters. The molecule has 1 aliphatic rings. The van der Waals surface area contributed by atoms with E-state index in [0.717, 1.165) is 37.6 Å². The van der Waals surface area contributed by atoms with Gasteiger partial charge in [0.15, 0.2) is 0 Å². The summed E-state index contributed by atoms with van der Waals surface area (Å²) in [5.74, 6) is 0. The van der Waals surface area contributed by atoms with Gasteiger partial charge in [-0.2, -0.15) is 5.10 Å². The maximum atomic E-state index is 5.57. The topological polar surface area (TPSA) is 30.3 Å². The summed E-state index contributed by atoms with van der Waals surface area (Å²) in [6, 6.07) is 17.6. The number of likely N-dealkylation sites (N-methyl/N-ethyl adjacent to an activating group) is 1. The van der Waals surface area contributed by atoms with Gasteiger partial charge in [-0.25, -0.2) is 4.68 Å². The Morgan fingerprint density at radius 2 is 1.93 bits per heavy atom. The van der Waals surface area contributed by atoms with E-state index >= 15 is 0 Å². The molecule has 0 bridgehead atoms. The lowest BCUT2D eigenvalue weighted by molar-refractivity contribution is 0.156. The summed E-state index contributed by atoms with van der Waals surface area (Å²) in [5.41, 5.74) is 7.08. The molecule has 0 radical (unpaired) electrons. The van der Waals surface area contributed by atoms with Gasteiger partial charge >= 0.3 is 0 Å². The van der Waals surface area contributed by atoms with Gasteiger partial charge < -0.3 is 4.74 Å². The molecule has 2 aromatic carbocycles. The first-order valence-electron chi connectivity index (χ1n) is 9.61. The summed E-state index contributed by atoms with van der Waals surface area (Å²) < 4.78 is 7.58. The van der Waals surface area contributed by atoms with Crippen molar-refractivity contribution in [2.75, 3.05) is 20.3 Å². The summed E-state index contributed by atoms with van der Waals surface area (Å²) in [6.07, 6.45) is 3.27. The van der Waals surface area contributed by atoms with Crippen LogP contribution in [-0.4, -0.2) is 41.0 Å². The van der Waals surface area contributed by atoms with E-state index in [1.807, 2.05) is 4.68 Å². The van der Waals surface area contributed by atoms with Crippen LogP contribution in [0.2, 0.25) is 0 Å². The van der Waals surface area contributed by atoms with Gasteiger partial charge in [0.25, 0.3) is 0 Å². The van der Waals surface area contributed by atoms with E-state index in [1.54, 1.807) is 0 Å². The molecular weight excluding hydrogens is 334 g/mol. The van der Waals surface area contributed by atoms with Crippen LogP contribution in [0.4, 0.5) is 0 Å². The highest BCUT2D eigenvalue weighted by Gasteiger charge is 2.22. The van der Waals surface area contributed by atoms with E-state index in [4.69, 9.17) is 9.84 Å². The maximum absolute atomic E-state index is 5.57. The lowest BCUT2D eigenvalue weighted by Crippen LogP contribution is -2.31. The summed E-state index contributed by atoms with van der Waals surface area (Å²) in [6.45, 7) is 6.78. The van der Waals surface area contributed by atoms with Crippen molar-refractivity contribution in [1.82, 2.24) is 14.7 Å². The average Bonchev–Trinajstić information content (AvgIpc) is 3.32. The average molecular weight is 361 g/mol. The van der Waals surface area contributed by atoms with Gasteiger partial charge in [0.2, 0.25) is 0 Å². The Balaban J connectivity index is 1.71. The van der Waals surface area contributed by atoms with E-state index in [0.29, 0.717) is 6.04 Å². The largest absolute Gasteiger partial charge is 0.380 e. The fourth-order valence-electron chi connectivity index (χ4n) is 3.66. The molecule has 4 heteroatoms. The van der Waals surface area contributed by atoms with E-state index in [2.05, 4.69) is 80.5 Å². The molecule has 0 unspecified atom stereocenters. The van der Waals surface area contributed by atoms with Crippen molar-refractivity contribution in [3.05, 3.63) is 71.4 Å². The second kappa shape index (κ2) is 7.67. The van der Waals surface area contributed by atoms with Crippen molar-refractivity contribution in [3.8, 4) is 16.9 Å². The van der Waals surface area contributed by atoms with Crippen LogP contribution >= 0.6 is 0 Å². The molecule has 27 heavy (non-hydrogen) atoms. The Bertz CT molecular complexity index is 908. The lowest BCUT2D eigenvalue weighted by Gasteiger charge is -2.22. The monoisotopic (exact) mass is 361 g/mol. The summed E-state index contributed by atoms with van der Waals surface area (Å²) in [7, 11) is 2.18. The number of benzene rings is 2. The molecule has 4 rings (SSSR count). The second-order valence-corrected chi connectivity index (χ2v) is 7.59. The predicted molar refractivity (Wildman–Crippen MR) is 109 cm³/mol. The number of aromatic nitrogens is 2. The normalized spacial score (nSPS) is 17.0. The Hall–Kier alpha value is -2.43. The van der Waals surface area contributed by atoms with Crippen LogP contribution in [0.3, 0.4) is 0 Å². The zero-order chi connectivity index (χ0) is 18.8. The highest BCUT2D eigenvalue weighted by Crippen LogP contribution is 2.27. The fraction of sp³-hybridized carbons (Fsp3) is 0.348. The number of hydrogen-bond donors (Lipinski definition) is 0. The minimum absolute atomic E-state index is 0.484. The Morgan fingerprint density at radius 3 is 2.63 bits per heavy atom. The minimum atomic E-state index is 0.484. The van der Waals surface area contributed by atoms with E-state index < -0.39 is 0 Å². The molecule has 140 valence electrons. The van der Waals surface area contributed by atoms with Crippen LogP contribution in [0.5, 0.6) is 0 Å². The highest BCUT2D eigenvalue weighted by atomic mass is 16.5. The number of rotatable bonds is 5. The van der Waals surface area contributed by atoms with Crippen LogP contribution in [-0.2, 0) is 11.3 Å². The van der Waals surface area contributed by atoms with Crippen molar-refractivity contribution in [2.45, 2.75) is 32.9 Å². The van der Waals surface area contributed by atoms with E-state index in [1.165, 1.54) is 22.3 Å². The molecule has 0 N–H and O–H groups in total. The van der Waals surface area contributed by atoms with Gasteiger partial charge in [-0.3, -0.25) is 4.90 Å². The molecule has 0 spiro atoms. The molecule has 0 saturated carbocycles. The van der Waals surface area contributed by atoms with Crippen LogP contribution in [0, 0.1) is 13.8 Å². The van der Waals surface area contributed by atoms with Gasteiger partial charge in [0, 0.05) is 36.5 Å².